The smallest absolute Gasteiger partial charge is 0.332 e. The zero-order valence-electron chi connectivity index (χ0n) is 8.75. The first-order chi connectivity index (χ1) is 7.70. The Kier molecular flexibility index (Phi) is 3.45. The fourth-order valence-corrected chi connectivity index (χ4v) is 1.96. The van der Waals surface area contributed by atoms with Crippen molar-refractivity contribution in [3.05, 3.63) is 11.7 Å². The van der Waals surface area contributed by atoms with Crippen LogP contribution in [0.4, 0.5) is 0 Å². The van der Waals surface area contributed by atoms with Crippen LogP contribution < -0.4 is 0 Å². The summed E-state index contributed by atoms with van der Waals surface area (Å²) in [5, 5.41) is 12.6. The number of aromatic nitrogens is 2. The molecule has 0 radical (unpaired) electrons. The Labute approximate surface area is 96.4 Å². The van der Waals surface area contributed by atoms with E-state index in [1.165, 1.54) is 0 Å². The monoisotopic (exact) mass is 244 g/mol. The van der Waals surface area contributed by atoms with Crippen LogP contribution in [0.25, 0.3) is 0 Å². The highest BCUT2D eigenvalue weighted by atomic mass is 32.2. The number of carboxylic acids is 1. The molecule has 7 heteroatoms. The zero-order valence-corrected chi connectivity index (χ0v) is 9.57. The fourth-order valence-electron chi connectivity index (χ4n) is 1.59. The predicted octanol–water partition coefficient (Wildman–Crippen LogP) is 1.24. The van der Waals surface area contributed by atoms with Gasteiger partial charge in [0.25, 0.3) is 5.89 Å². The molecule has 1 fully saturated rings. The second-order valence-corrected chi connectivity index (χ2v) is 4.38. The highest BCUT2D eigenvalue weighted by Gasteiger charge is 2.34. The van der Waals surface area contributed by atoms with Crippen LogP contribution >= 0.6 is 11.8 Å². The molecule has 1 aliphatic rings. The number of aliphatic carboxylic acids is 1. The number of rotatable bonds is 4. The van der Waals surface area contributed by atoms with Gasteiger partial charge in [-0.05, 0) is 19.1 Å². The van der Waals surface area contributed by atoms with E-state index in [9.17, 15) is 4.79 Å². The minimum atomic E-state index is -0.939. The highest BCUT2D eigenvalue weighted by Crippen LogP contribution is 2.31. The van der Waals surface area contributed by atoms with Crippen molar-refractivity contribution in [2.24, 2.45) is 0 Å². The maximum absolute atomic E-state index is 10.7. The molecule has 88 valence electrons. The predicted molar refractivity (Wildman–Crippen MR) is 56.0 cm³/mol. The lowest BCUT2D eigenvalue weighted by Crippen LogP contribution is -2.18. The normalized spacial score (nSPS) is 24.8. The largest absolute Gasteiger partial charge is 0.479 e. The van der Waals surface area contributed by atoms with Gasteiger partial charge in [-0.3, -0.25) is 0 Å². The van der Waals surface area contributed by atoms with Crippen molar-refractivity contribution in [1.29, 1.82) is 0 Å². The SMILES string of the molecule is CSCc1noc(C2CCC(C(=O)O)O2)n1. The van der Waals surface area contributed by atoms with Gasteiger partial charge < -0.3 is 14.4 Å². The summed E-state index contributed by atoms with van der Waals surface area (Å²) in [4.78, 5) is 14.9. The number of carboxylic acid groups (broad SMARTS) is 1. The molecule has 2 heterocycles. The summed E-state index contributed by atoms with van der Waals surface area (Å²) in [6, 6.07) is 0. The van der Waals surface area contributed by atoms with E-state index in [1.54, 1.807) is 11.8 Å². The van der Waals surface area contributed by atoms with Crippen molar-refractivity contribution in [3.8, 4) is 0 Å². The van der Waals surface area contributed by atoms with Crippen LogP contribution in [-0.2, 0) is 15.3 Å². The van der Waals surface area contributed by atoms with Gasteiger partial charge in [-0.1, -0.05) is 5.16 Å². The first-order valence-corrected chi connectivity index (χ1v) is 6.29. The molecule has 0 saturated carbocycles. The van der Waals surface area contributed by atoms with Crippen molar-refractivity contribution in [2.45, 2.75) is 30.8 Å². The molecular formula is C9H12N2O4S. The molecule has 0 aromatic carbocycles. The van der Waals surface area contributed by atoms with Crippen LogP contribution in [-0.4, -0.2) is 33.6 Å². The van der Waals surface area contributed by atoms with Gasteiger partial charge in [-0.2, -0.15) is 16.7 Å². The van der Waals surface area contributed by atoms with Gasteiger partial charge in [-0.15, -0.1) is 0 Å². The van der Waals surface area contributed by atoms with Crippen LogP contribution in [0.5, 0.6) is 0 Å². The first-order valence-electron chi connectivity index (χ1n) is 4.90. The summed E-state index contributed by atoms with van der Waals surface area (Å²) >= 11 is 1.60. The number of ether oxygens (including phenoxy) is 1. The summed E-state index contributed by atoms with van der Waals surface area (Å²) < 4.78 is 10.3. The molecule has 6 nitrogen and oxygen atoms in total. The highest BCUT2D eigenvalue weighted by molar-refractivity contribution is 7.97. The van der Waals surface area contributed by atoms with Crippen LogP contribution in [0.1, 0.15) is 30.7 Å². The zero-order chi connectivity index (χ0) is 11.5. The topological polar surface area (TPSA) is 85.5 Å². The quantitative estimate of drug-likeness (QED) is 0.852. The number of nitrogens with zero attached hydrogens (tertiary/aromatic N) is 2. The van der Waals surface area contributed by atoms with Gasteiger partial charge >= 0.3 is 5.97 Å². The van der Waals surface area contributed by atoms with Crippen LogP contribution in [0.3, 0.4) is 0 Å². The number of thioether (sulfide) groups is 1. The second-order valence-electron chi connectivity index (χ2n) is 3.51. The lowest BCUT2D eigenvalue weighted by Gasteiger charge is -2.05. The molecule has 1 N–H and O–H groups in total. The van der Waals surface area contributed by atoms with E-state index in [-0.39, 0.29) is 6.10 Å². The number of carbonyl (C=O) groups is 1. The van der Waals surface area contributed by atoms with Gasteiger partial charge in [0.2, 0.25) is 0 Å². The molecule has 1 aromatic rings. The van der Waals surface area contributed by atoms with E-state index < -0.39 is 12.1 Å². The lowest BCUT2D eigenvalue weighted by molar-refractivity contribution is -0.150. The van der Waals surface area contributed by atoms with Crippen LogP contribution in [0, 0.1) is 0 Å². The van der Waals surface area contributed by atoms with Crippen molar-refractivity contribution < 1.29 is 19.2 Å². The molecule has 2 rings (SSSR count). The van der Waals surface area contributed by atoms with Crippen molar-refractivity contribution in [3.63, 3.8) is 0 Å². The lowest BCUT2D eigenvalue weighted by atomic mass is 10.2. The first kappa shape index (κ1) is 11.4. The minimum Gasteiger partial charge on any atom is -0.479 e. The van der Waals surface area contributed by atoms with Crippen LogP contribution in [0.2, 0.25) is 0 Å². The molecule has 1 aliphatic heterocycles. The minimum absolute atomic E-state index is 0.371. The summed E-state index contributed by atoms with van der Waals surface area (Å²) in [5.41, 5.74) is 0. The van der Waals surface area contributed by atoms with E-state index in [0.717, 1.165) is 0 Å². The van der Waals surface area contributed by atoms with Crippen LogP contribution in [0.15, 0.2) is 4.52 Å². The standard InChI is InChI=1S/C9H12N2O4S/c1-16-4-7-10-8(15-11-7)5-2-3-6(14-5)9(12)13/h5-6H,2-4H2,1H3,(H,12,13). The average Bonchev–Trinajstić information content (AvgIpc) is 2.84. The summed E-state index contributed by atoms with van der Waals surface area (Å²) in [6.07, 6.45) is 1.92. The average molecular weight is 244 g/mol. The van der Waals surface area contributed by atoms with Crippen molar-refractivity contribution >= 4 is 17.7 Å². The fraction of sp³-hybridized carbons (Fsp3) is 0.667. The molecule has 0 bridgehead atoms. The van der Waals surface area contributed by atoms with Gasteiger partial charge in [0.05, 0.1) is 5.75 Å². The van der Waals surface area contributed by atoms with Gasteiger partial charge in [0, 0.05) is 0 Å². The molecule has 0 aliphatic carbocycles. The molecule has 2 unspecified atom stereocenters. The summed E-state index contributed by atoms with van der Waals surface area (Å²) in [5.74, 6) is 0.738. The van der Waals surface area contributed by atoms with E-state index >= 15 is 0 Å². The maximum atomic E-state index is 10.7. The summed E-state index contributed by atoms with van der Waals surface area (Å²) in [7, 11) is 0. The molecule has 0 amide bonds. The molecule has 1 aromatic heterocycles. The molecule has 2 atom stereocenters. The Bertz CT molecular complexity index is 381. The van der Waals surface area contributed by atoms with Gasteiger partial charge in [-0.25, -0.2) is 4.79 Å². The maximum Gasteiger partial charge on any atom is 0.332 e. The Balaban J connectivity index is 2.00. The van der Waals surface area contributed by atoms with Crippen molar-refractivity contribution in [2.75, 3.05) is 6.26 Å². The molecule has 16 heavy (non-hydrogen) atoms. The summed E-state index contributed by atoms with van der Waals surface area (Å²) in [6.45, 7) is 0. The van der Waals surface area contributed by atoms with E-state index in [0.29, 0.717) is 30.3 Å². The van der Waals surface area contributed by atoms with Crippen molar-refractivity contribution in [1.82, 2.24) is 10.1 Å². The van der Waals surface area contributed by atoms with E-state index in [1.807, 2.05) is 6.26 Å². The van der Waals surface area contributed by atoms with E-state index in [2.05, 4.69) is 10.1 Å². The third-order valence-corrected chi connectivity index (χ3v) is 2.87. The third-order valence-electron chi connectivity index (χ3n) is 2.33. The molecular weight excluding hydrogens is 232 g/mol. The Morgan fingerprint density at radius 1 is 1.62 bits per heavy atom. The third kappa shape index (κ3) is 2.35. The molecule has 1 saturated heterocycles. The van der Waals surface area contributed by atoms with E-state index in [4.69, 9.17) is 14.4 Å². The number of hydrogen-bond acceptors (Lipinski definition) is 6. The van der Waals surface area contributed by atoms with Gasteiger partial charge in [0.15, 0.2) is 11.9 Å². The Morgan fingerprint density at radius 2 is 2.44 bits per heavy atom. The van der Waals surface area contributed by atoms with Gasteiger partial charge in [0.1, 0.15) is 6.10 Å². The second kappa shape index (κ2) is 4.84. The molecule has 0 spiro atoms. The number of hydrogen-bond donors (Lipinski definition) is 1. The Hall–Kier alpha value is -1.08. The Morgan fingerprint density at radius 3 is 3.06 bits per heavy atom.